The molecule has 0 bridgehead atoms. The standard InChI is InChI=1S/C13H9Cl2NO2/c14-11-6-16-7-12(15)10(11)8-18-13(17)9-4-2-1-3-5-9/h1-7H,8H2. The third-order valence-corrected chi connectivity index (χ3v) is 2.96. The van der Waals surface area contributed by atoms with Crippen molar-refractivity contribution in [2.75, 3.05) is 0 Å². The molecule has 0 unspecified atom stereocenters. The maximum absolute atomic E-state index is 11.7. The van der Waals surface area contributed by atoms with Crippen LogP contribution in [0.3, 0.4) is 0 Å². The largest absolute Gasteiger partial charge is 0.457 e. The summed E-state index contributed by atoms with van der Waals surface area (Å²) in [6.45, 7) is 0.0217. The first-order valence-electron chi connectivity index (χ1n) is 5.18. The van der Waals surface area contributed by atoms with Crippen LogP contribution in [0.15, 0.2) is 42.7 Å². The fourth-order valence-corrected chi connectivity index (χ4v) is 1.84. The van der Waals surface area contributed by atoms with Gasteiger partial charge in [0.1, 0.15) is 6.61 Å². The van der Waals surface area contributed by atoms with Gasteiger partial charge in [-0.3, -0.25) is 4.98 Å². The van der Waals surface area contributed by atoms with Crippen molar-refractivity contribution in [2.45, 2.75) is 6.61 Å². The summed E-state index contributed by atoms with van der Waals surface area (Å²) >= 11 is 11.8. The third-order valence-electron chi connectivity index (χ3n) is 2.31. The summed E-state index contributed by atoms with van der Waals surface area (Å²) in [6, 6.07) is 8.72. The molecule has 0 radical (unpaired) electrons. The van der Waals surface area contributed by atoms with Crippen molar-refractivity contribution in [1.82, 2.24) is 4.98 Å². The zero-order valence-corrected chi connectivity index (χ0v) is 10.8. The zero-order valence-electron chi connectivity index (χ0n) is 9.27. The van der Waals surface area contributed by atoms with Gasteiger partial charge in [0.05, 0.1) is 15.6 Å². The van der Waals surface area contributed by atoms with E-state index < -0.39 is 5.97 Å². The fourth-order valence-electron chi connectivity index (χ4n) is 1.37. The summed E-state index contributed by atoms with van der Waals surface area (Å²) in [5, 5.41) is 0.756. The quantitative estimate of drug-likeness (QED) is 0.805. The van der Waals surface area contributed by atoms with E-state index in [1.807, 2.05) is 6.07 Å². The van der Waals surface area contributed by atoms with Gasteiger partial charge in [-0.05, 0) is 12.1 Å². The molecule has 92 valence electrons. The van der Waals surface area contributed by atoms with Gasteiger partial charge >= 0.3 is 5.97 Å². The van der Waals surface area contributed by atoms with Crippen LogP contribution in [0.4, 0.5) is 0 Å². The van der Waals surface area contributed by atoms with Crippen molar-refractivity contribution in [2.24, 2.45) is 0 Å². The first-order chi connectivity index (χ1) is 8.68. The van der Waals surface area contributed by atoms with Crippen LogP contribution in [0.5, 0.6) is 0 Å². The summed E-state index contributed by atoms with van der Waals surface area (Å²) in [5.74, 6) is -0.417. The zero-order chi connectivity index (χ0) is 13.0. The number of ether oxygens (including phenoxy) is 1. The molecule has 0 saturated carbocycles. The highest BCUT2D eigenvalue weighted by molar-refractivity contribution is 6.35. The minimum Gasteiger partial charge on any atom is -0.457 e. The second kappa shape index (κ2) is 5.85. The maximum Gasteiger partial charge on any atom is 0.338 e. The SMILES string of the molecule is O=C(OCc1c(Cl)cncc1Cl)c1ccccc1. The number of rotatable bonds is 3. The van der Waals surface area contributed by atoms with Gasteiger partial charge < -0.3 is 4.74 Å². The molecule has 3 nitrogen and oxygen atoms in total. The number of benzene rings is 1. The van der Waals surface area contributed by atoms with Crippen LogP contribution < -0.4 is 0 Å². The van der Waals surface area contributed by atoms with Crippen molar-refractivity contribution in [1.29, 1.82) is 0 Å². The van der Waals surface area contributed by atoms with Crippen LogP contribution in [0.25, 0.3) is 0 Å². The molecule has 18 heavy (non-hydrogen) atoms. The summed E-state index contributed by atoms with van der Waals surface area (Å²) in [4.78, 5) is 15.5. The van der Waals surface area contributed by atoms with Crippen molar-refractivity contribution >= 4 is 29.2 Å². The molecule has 0 amide bonds. The second-order valence-electron chi connectivity index (χ2n) is 3.52. The number of hydrogen-bond acceptors (Lipinski definition) is 3. The predicted molar refractivity (Wildman–Crippen MR) is 69.8 cm³/mol. The number of carbonyl (C=O) groups is 1. The van der Waals surface area contributed by atoms with Gasteiger partial charge in [-0.2, -0.15) is 0 Å². The van der Waals surface area contributed by atoms with Gasteiger partial charge in [0.25, 0.3) is 0 Å². The Kier molecular flexibility index (Phi) is 4.18. The lowest BCUT2D eigenvalue weighted by Gasteiger charge is -2.07. The minimum absolute atomic E-state index is 0.0217. The molecule has 0 spiro atoms. The fraction of sp³-hybridized carbons (Fsp3) is 0.0769. The molecule has 0 aliphatic heterocycles. The number of nitrogens with zero attached hydrogens (tertiary/aromatic N) is 1. The van der Waals surface area contributed by atoms with E-state index in [0.29, 0.717) is 21.2 Å². The Labute approximate surface area is 114 Å². The Morgan fingerprint density at radius 3 is 2.33 bits per heavy atom. The number of esters is 1. The van der Waals surface area contributed by atoms with Crippen LogP contribution in [0, 0.1) is 0 Å². The summed E-state index contributed by atoms with van der Waals surface area (Å²) in [6.07, 6.45) is 2.91. The molecule has 0 N–H and O–H groups in total. The van der Waals surface area contributed by atoms with Crippen LogP contribution in [0.1, 0.15) is 15.9 Å². The molecule has 0 aliphatic carbocycles. The van der Waals surface area contributed by atoms with E-state index in [-0.39, 0.29) is 6.61 Å². The molecule has 5 heteroatoms. The van der Waals surface area contributed by atoms with Crippen LogP contribution in [0.2, 0.25) is 10.0 Å². The summed E-state index contributed by atoms with van der Waals surface area (Å²) in [5.41, 5.74) is 1.04. The van der Waals surface area contributed by atoms with Gasteiger partial charge in [-0.15, -0.1) is 0 Å². The van der Waals surface area contributed by atoms with E-state index >= 15 is 0 Å². The van der Waals surface area contributed by atoms with Crippen LogP contribution in [-0.4, -0.2) is 11.0 Å². The van der Waals surface area contributed by atoms with Gasteiger partial charge in [0.2, 0.25) is 0 Å². The van der Waals surface area contributed by atoms with Gasteiger partial charge in [-0.25, -0.2) is 4.79 Å². The van der Waals surface area contributed by atoms with E-state index in [9.17, 15) is 4.79 Å². The van der Waals surface area contributed by atoms with Gasteiger partial charge in [0, 0.05) is 18.0 Å². The number of pyridine rings is 1. The highest BCUT2D eigenvalue weighted by Crippen LogP contribution is 2.23. The molecule has 0 aliphatic rings. The lowest BCUT2D eigenvalue weighted by molar-refractivity contribution is 0.0473. The van der Waals surface area contributed by atoms with Crippen molar-refractivity contribution in [3.8, 4) is 0 Å². The van der Waals surface area contributed by atoms with E-state index in [0.717, 1.165) is 0 Å². The van der Waals surface area contributed by atoms with Gasteiger partial charge in [-0.1, -0.05) is 41.4 Å². The van der Waals surface area contributed by atoms with Crippen molar-refractivity contribution in [3.63, 3.8) is 0 Å². The van der Waals surface area contributed by atoms with Crippen molar-refractivity contribution in [3.05, 3.63) is 63.9 Å². The number of carbonyl (C=O) groups excluding carboxylic acids is 1. The molecule has 1 aromatic heterocycles. The third kappa shape index (κ3) is 3.00. The Morgan fingerprint density at radius 2 is 1.72 bits per heavy atom. The topological polar surface area (TPSA) is 39.2 Å². The molecule has 1 aromatic carbocycles. The average Bonchev–Trinajstić information content (AvgIpc) is 2.39. The first-order valence-corrected chi connectivity index (χ1v) is 5.94. The molecule has 2 aromatic rings. The van der Waals surface area contributed by atoms with E-state index in [4.69, 9.17) is 27.9 Å². The van der Waals surface area contributed by atoms with E-state index in [1.165, 1.54) is 12.4 Å². The normalized spacial score (nSPS) is 10.1. The predicted octanol–water partition coefficient (Wildman–Crippen LogP) is 3.75. The summed E-state index contributed by atoms with van der Waals surface area (Å²) < 4.78 is 5.14. The smallest absolute Gasteiger partial charge is 0.338 e. The molecule has 2 rings (SSSR count). The lowest BCUT2D eigenvalue weighted by atomic mass is 10.2. The minimum atomic E-state index is -0.417. The first kappa shape index (κ1) is 12.9. The number of aromatic nitrogens is 1. The molecule has 0 fully saturated rings. The number of halogens is 2. The highest BCUT2D eigenvalue weighted by atomic mass is 35.5. The molecule has 0 saturated heterocycles. The Bertz CT molecular complexity index is 538. The molecule has 0 atom stereocenters. The number of hydrogen-bond donors (Lipinski definition) is 0. The van der Waals surface area contributed by atoms with Gasteiger partial charge in [0.15, 0.2) is 0 Å². The Balaban J connectivity index is 2.07. The van der Waals surface area contributed by atoms with Crippen LogP contribution in [-0.2, 0) is 11.3 Å². The van der Waals surface area contributed by atoms with Crippen molar-refractivity contribution < 1.29 is 9.53 Å². The molecule has 1 heterocycles. The molecular formula is C13H9Cl2NO2. The second-order valence-corrected chi connectivity index (χ2v) is 4.34. The monoisotopic (exact) mass is 281 g/mol. The molecular weight excluding hydrogens is 273 g/mol. The van der Waals surface area contributed by atoms with Crippen LogP contribution >= 0.6 is 23.2 Å². The van der Waals surface area contributed by atoms with E-state index in [2.05, 4.69) is 4.98 Å². The Hall–Kier alpha value is -1.58. The van der Waals surface area contributed by atoms with E-state index in [1.54, 1.807) is 24.3 Å². The average molecular weight is 282 g/mol. The summed E-state index contributed by atoms with van der Waals surface area (Å²) in [7, 11) is 0. The highest BCUT2D eigenvalue weighted by Gasteiger charge is 2.10. The Morgan fingerprint density at radius 1 is 1.11 bits per heavy atom. The lowest BCUT2D eigenvalue weighted by Crippen LogP contribution is -2.05. The maximum atomic E-state index is 11.7.